The van der Waals surface area contributed by atoms with E-state index in [2.05, 4.69) is 4.98 Å². The number of nitro groups is 2. The van der Waals surface area contributed by atoms with Crippen LogP contribution in [-0.2, 0) is 22.9 Å². The largest absolute Gasteiger partial charge is 1.00 e. The van der Waals surface area contributed by atoms with Crippen molar-refractivity contribution < 1.29 is 111 Å². The smallest absolute Gasteiger partial charge is 0.746 e. The van der Waals surface area contributed by atoms with Crippen molar-refractivity contribution in [3.63, 3.8) is 0 Å². The van der Waals surface area contributed by atoms with Crippen molar-refractivity contribution in [1.82, 2.24) is 9.55 Å². The first kappa shape index (κ1) is 39.0. The molecule has 0 amide bonds. The molecule has 2 aromatic carbocycles. The van der Waals surface area contributed by atoms with E-state index >= 15 is 0 Å². The summed E-state index contributed by atoms with van der Waals surface area (Å²) < 4.78 is 51.3. The van der Waals surface area contributed by atoms with Gasteiger partial charge in [0.1, 0.15) is 23.8 Å². The van der Waals surface area contributed by atoms with Gasteiger partial charge in [-0.25, -0.2) is 4.79 Å². The minimum absolute atomic E-state index is 0. The van der Waals surface area contributed by atoms with Gasteiger partial charge in [0.15, 0.2) is 0 Å². The number of hydrogen-bond donors (Lipinski definition) is 1. The normalized spacial score (nSPS) is 20.0. The van der Waals surface area contributed by atoms with Gasteiger partial charge in [-0.3, -0.25) is 43.7 Å². The number of rotatable bonds is 12. The van der Waals surface area contributed by atoms with Gasteiger partial charge in [-0.2, -0.15) is 0 Å². The topological polar surface area (TPSA) is 268 Å². The number of nitrogens with zero attached hydrogens (tertiary/aromatic N) is 3. The molecule has 230 valence electrons. The predicted molar refractivity (Wildman–Crippen MR) is 138 cm³/mol. The number of nitrogens with one attached hydrogen (secondary N) is 1. The fourth-order valence-electron chi connectivity index (χ4n) is 3.83. The van der Waals surface area contributed by atoms with Crippen molar-refractivity contribution >= 4 is 27.0 Å². The van der Waals surface area contributed by atoms with Crippen LogP contribution in [0.15, 0.2) is 64.3 Å². The van der Waals surface area contributed by atoms with Crippen LogP contribution in [0, 0.1) is 27.2 Å². The summed E-state index contributed by atoms with van der Waals surface area (Å²) in [6.07, 6.45) is -3.48. The van der Waals surface area contributed by atoms with Crippen LogP contribution in [0.3, 0.4) is 0 Å². The van der Waals surface area contributed by atoms with E-state index in [1.165, 1.54) is 6.92 Å². The van der Waals surface area contributed by atoms with Gasteiger partial charge >= 0.3 is 80.4 Å². The number of hydrogen-bond acceptors (Lipinski definition) is 15. The molecule has 4 rings (SSSR count). The monoisotopic (exact) mass is 688 g/mol. The van der Waals surface area contributed by atoms with Gasteiger partial charge in [0.25, 0.3) is 16.9 Å². The molecule has 0 spiro atoms. The molecule has 0 bridgehead atoms. The molecule has 45 heavy (non-hydrogen) atoms. The number of aromatic amines is 1. The summed E-state index contributed by atoms with van der Waals surface area (Å²) in [6.45, 7) is 0.509. The van der Waals surface area contributed by atoms with E-state index in [-0.39, 0.29) is 94.0 Å². The zero-order valence-electron chi connectivity index (χ0n) is 23.7. The van der Waals surface area contributed by atoms with Crippen LogP contribution in [0.5, 0.6) is 11.5 Å². The predicted octanol–water partition coefficient (Wildman–Crippen LogP) is -4.55. The van der Waals surface area contributed by atoms with Crippen molar-refractivity contribution in [3.8, 4) is 11.5 Å². The number of nitro benzene ring substituents is 2. The fraction of sp³-hybridized carbons (Fsp3) is 0.273. The Hall–Kier alpha value is -2.22. The Labute approximate surface area is 296 Å². The van der Waals surface area contributed by atoms with Gasteiger partial charge < -0.3 is 32.6 Å². The van der Waals surface area contributed by atoms with Crippen molar-refractivity contribution in [2.24, 2.45) is 0 Å². The minimum atomic E-state index is -5.25. The molecule has 1 aliphatic heterocycles. The third-order valence-electron chi connectivity index (χ3n) is 5.83. The van der Waals surface area contributed by atoms with Crippen LogP contribution in [-0.4, -0.2) is 38.2 Å². The number of aryl methyl sites for hydroxylation is 1. The Morgan fingerprint density at radius 1 is 0.911 bits per heavy atom. The number of phosphoric ester groups is 2. The van der Waals surface area contributed by atoms with E-state index in [1.54, 1.807) is 0 Å². The average Bonchev–Trinajstić information content (AvgIpc) is 3.31. The number of ether oxygens (including phenoxy) is 1. The Kier molecular flexibility index (Phi) is 13.9. The summed E-state index contributed by atoms with van der Waals surface area (Å²) in [5.74, 6) is -0.655. The van der Waals surface area contributed by atoms with E-state index in [1.807, 2.05) is 0 Å². The number of benzene rings is 2. The number of aromatic nitrogens is 2. The molecular weight excluding hydrogens is 668 g/mol. The zero-order valence-corrected chi connectivity index (χ0v) is 29.5. The molecule has 1 fully saturated rings. The Balaban J connectivity index is 0.00000353. The van der Waals surface area contributed by atoms with Crippen molar-refractivity contribution in [2.45, 2.75) is 31.8 Å². The van der Waals surface area contributed by atoms with Crippen LogP contribution >= 0.6 is 15.6 Å². The van der Waals surface area contributed by atoms with Crippen molar-refractivity contribution in [3.05, 3.63) is 101 Å². The SMILES string of the molecule is Cc1cn(C2CC(OP(=O)([O-])Oc3ccc([N+](=O)[O-])cc3)C(COP(=O)([O-])Oc3ccc([N+](=O)[O-])cc3)O2)c(=O)[nH]c1=O.[Na+].[Na+]. The van der Waals surface area contributed by atoms with Gasteiger partial charge in [0.05, 0.1) is 22.6 Å². The quantitative estimate of drug-likeness (QED) is 0.0813. The summed E-state index contributed by atoms with van der Waals surface area (Å²) in [4.78, 5) is 71.5. The summed E-state index contributed by atoms with van der Waals surface area (Å²) >= 11 is 0. The first-order chi connectivity index (χ1) is 20.1. The molecule has 0 saturated carbocycles. The molecule has 2 heterocycles. The molecule has 0 aliphatic carbocycles. The maximum absolute atomic E-state index is 12.7. The summed E-state index contributed by atoms with van der Waals surface area (Å²) in [5, 5.41) is 21.6. The molecule has 0 radical (unpaired) electrons. The number of phosphoric acid groups is 2. The molecule has 3 aromatic rings. The number of non-ortho nitro benzene ring substituents is 2. The zero-order chi connectivity index (χ0) is 31.5. The van der Waals surface area contributed by atoms with Crippen LogP contribution in [0.25, 0.3) is 0 Å². The molecule has 19 nitrogen and oxygen atoms in total. The van der Waals surface area contributed by atoms with Gasteiger partial charge in [0.2, 0.25) is 0 Å². The first-order valence-corrected chi connectivity index (χ1v) is 14.9. The van der Waals surface area contributed by atoms with Crippen molar-refractivity contribution in [2.75, 3.05) is 6.61 Å². The fourth-order valence-corrected chi connectivity index (χ4v) is 5.56. The van der Waals surface area contributed by atoms with Crippen LogP contribution < -0.4 is 89.2 Å². The minimum Gasteiger partial charge on any atom is -0.746 e. The Morgan fingerprint density at radius 2 is 1.40 bits per heavy atom. The molecule has 1 aromatic heterocycles. The van der Waals surface area contributed by atoms with Gasteiger partial charge in [-0.15, -0.1) is 0 Å². The maximum atomic E-state index is 12.7. The van der Waals surface area contributed by atoms with Gasteiger partial charge in [-0.1, -0.05) is 0 Å². The molecule has 23 heteroatoms. The molecule has 1 aliphatic rings. The van der Waals surface area contributed by atoms with E-state index in [0.29, 0.717) is 0 Å². The second-order valence-corrected chi connectivity index (χ2v) is 11.5. The molecule has 1 N–H and O–H groups in total. The molecule has 5 atom stereocenters. The van der Waals surface area contributed by atoms with Crippen molar-refractivity contribution in [1.29, 1.82) is 0 Å². The maximum Gasteiger partial charge on any atom is 1.00 e. The first-order valence-electron chi connectivity index (χ1n) is 11.9. The second-order valence-electron chi connectivity index (χ2n) is 8.86. The van der Waals surface area contributed by atoms with E-state index in [4.69, 9.17) is 22.8 Å². The molecule has 5 unspecified atom stereocenters. The van der Waals surface area contributed by atoms with E-state index in [0.717, 1.165) is 59.3 Å². The van der Waals surface area contributed by atoms with E-state index in [9.17, 15) is 48.7 Å². The third-order valence-corrected chi connectivity index (χ3v) is 7.69. The van der Waals surface area contributed by atoms with E-state index < -0.39 is 61.8 Å². The Bertz CT molecular complexity index is 1740. The number of H-pyrrole nitrogens is 1. The van der Waals surface area contributed by atoms with Crippen LogP contribution in [0.1, 0.15) is 18.2 Å². The second kappa shape index (κ2) is 16.1. The third kappa shape index (κ3) is 10.7. The molecule has 1 saturated heterocycles. The van der Waals surface area contributed by atoms with Crippen LogP contribution in [0.2, 0.25) is 0 Å². The Morgan fingerprint density at radius 3 is 1.89 bits per heavy atom. The average molecular weight is 688 g/mol. The summed E-state index contributed by atoms with van der Waals surface area (Å²) in [5.41, 5.74) is -2.15. The van der Waals surface area contributed by atoms with Gasteiger partial charge in [-0.05, 0) is 31.2 Å². The molecular formula is C22H20N4Na2O15P2. The summed E-state index contributed by atoms with van der Waals surface area (Å²) in [7, 11) is -10.4. The summed E-state index contributed by atoms with van der Waals surface area (Å²) in [6, 6.07) is 7.99. The van der Waals surface area contributed by atoms with Crippen LogP contribution in [0.4, 0.5) is 11.4 Å². The standard InChI is InChI=1S/C22H22N4O15P2.2Na/c1-13-11-24(22(28)23-21(13)27)20-10-18(41-43(35,36)40-17-8-4-15(5-9-17)26(31)32)19(38-20)12-37-42(33,34)39-16-6-2-14(3-7-16)25(29)30;;/h2-9,11,18-20H,10,12H2,1H3,(H,33,34)(H,35,36)(H,23,27,28);;/q;2*+1/p-2. The van der Waals surface area contributed by atoms with Gasteiger partial charge in [0, 0.05) is 42.4 Å².